The normalized spacial score (nSPS) is 25.0. The minimum absolute atomic E-state index is 0.288. The molecule has 1 fully saturated rings. The van der Waals surface area contributed by atoms with Crippen LogP contribution in [-0.4, -0.2) is 19.1 Å². The molecule has 0 bridgehead atoms. The van der Waals surface area contributed by atoms with Crippen LogP contribution in [0.2, 0.25) is 0 Å². The summed E-state index contributed by atoms with van der Waals surface area (Å²) in [6.07, 6.45) is 3.70. The molecule has 1 N–H and O–H groups in total. The van der Waals surface area contributed by atoms with Crippen LogP contribution in [0.4, 0.5) is 5.69 Å². The first-order chi connectivity index (χ1) is 9.39. The molecular weight excluding hydrogens is 250 g/mol. The van der Waals surface area contributed by atoms with E-state index in [0.717, 1.165) is 11.6 Å². The molecule has 0 aromatic heterocycles. The number of methoxy groups -OCH3 is 1. The van der Waals surface area contributed by atoms with E-state index in [1.807, 2.05) is 24.3 Å². The van der Waals surface area contributed by atoms with E-state index in [9.17, 15) is 4.79 Å². The minimum atomic E-state index is -0.288. The largest absolute Gasteiger partial charge is 0.465 e. The van der Waals surface area contributed by atoms with E-state index in [2.05, 4.69) is 26.1 Å². The van der Waals surface area contributed by atoms with E-state index in [1.54, 1.807) is 0 Å². The number of nitrogens with one attached hydrogen (secondary N) is 1. The molecule has 0 spiro atoms. The molecule has 1 aromatic rings. The van der Waals surface area contributed by atoms with E-state index >= 15 is 0 Å². The molecule has 0 saturated heterocycles. The SMILES string of the molecule is COC(=O)c1ccc(NC2CC(C)CC(C)(C)C2)cc1. The molecule has 0 amide bonds. The lowest BCUT2D eigenvalue weighted by atomic mass is 9.70. The van der Waals surface area contributed by atoms with Crippen molar-refractivity contribution in [3.8, 4) is 0 Å². The second-order valence-corrected chi connectivity index (χ2v) is 6.82. The van der Waals surface area contributed by atoms with Crippen molar-refractivity contribution in [2.24, 2.45) is 11.3 Å². The Balaban J connectivity index is 2.01. The zero-order chi connectivity index (χ0) is 14.8. The van der Waals surface area contributed by atoms with Crippen LogP contribution in [-0.2, 0) is 4.74 Å². The maximum atomic E-state index is 11.4. The number of anilines is 1. The number of hydrogen-bond acceptors (Lipinski definition) is 3. The topological polar surface area (TPSA) is 38.3 Å². The highest BCUT2D eigenvalue weighted by Gasteiger charge is 2.31. The maximum absolute atomic E-state index is 11.4. The van der Waals surface area contributed by atoms with Gasteiger partial charge in [0, 0.05) is 11.7 Å². The number of carbonyl (C=O) groups is 1. The number of esters is 1. The number of hydrogen-bond donors (Lipinski definition) is 1. The summed E-state index contributed by atoms with van der Waals surface area (Å²) < 4.78 is 4.71. The van der Waals surface area contributed by atoms with Crippen LogP contribution in [0.3, 0.4) is 0 Å². The maximum Gasteiger partial charge on any atom is 0.337 e. The molecule has 0 radical (unpaired) electrons. The molecule has 20 heavy (non-hydrogen) atoms. The van der Waals surface area contributed by atoms with Crippen LogP contribution in [0.15, 0.2) is 24.3 Å². The van der Waals surface area contributed by atoms with Crippen molar-refractivity contribution in [2.45, 2.75) is 46.1 Å². The summed E-state index contributed by atoms with van der Waals surface area (Å²) in [5.41, 5.74) is 2.07. The molecule has 0 aliphatic heterocycles. The lowest BCUT2D eigenvalue weighted by molar-refractivity contribution is 0.0601. The van der Waals surface area contributed by atoms with Crippen molar-refractivity contribution in [3.05, 3.63) is 29.8 Å². The van der Waals surface area contributed by atoms with E-state index < -0.39 is 0 Å². The molecule has 1 aromatic carbocycles. The van der Waals surface area contributed by atoms with Crippen molar-refractivity contribution in [3.63, 3.8) is 0 Å². The van der Waals surface area contributed by atoms with Crippen molar-refractivity contribution < 1.29 is 9.53 Å². The molecule has 110 valence electrons. The van der Waals surface area contributed by atoms with Gasteiger partial charge in [-0.25, -0.2) is 4.79 Å². The average molecular weight is 275 g/mol. The fraction of sp³-hybridized carbons (Fsp3) is 0.588. The minimum Gasteiger partial charge on any atom is -0.465 e. The van der Waals surface area contributed by atoms with E-state index in [4.69, 9.17) is 4.74 Å². The van der Waals surface area contributed by atoms with Gasteiger partial charge < -0.3 is 10.1 Å². The summed E-state index contributed by atoms with van der Waals surface area (Å²) in [6, 6.07) is 8.05. The smallest absolute Gasteiger partial charge is 0.337 e. The number of benzene rings is 1. The third-order valence-corrected chi connectivity index (χ3v) is 4.06. The lowest BCUT2D eigenvalue weighted by Gasteiger charge is -2.39. The quantitative estimate of drug-likeness (QED) is 0.844. The summed E-state index contributed by atoms with van der Waals surface area (Å²) in [7, 11) is 1.40. The van der Waals surface area contributed by atoms with E-state index in [-0.39, 0.29) is 5.97 Å². The molecular formula is C17H25NO2. The first kappa shape index (κ1) is 14.9. The second kappa shape index (κ2) is 5.86. The van der Waals surface area contributed by atoms with Gasteiger partial charge in [-0.3, -0.25) is 0 Å². The Morgan fingerprint density at radius 3 is 2.45 bits per heavy atom. The van der Waals surface area contributed by atoms with Crippen LogP contribution in [0.5, 0.6) is 0 Å². The Hall–Kier alpha value is -1.51. The molecule has 1 saturated carbocycles. The zero-order valence-electron chi connectivity index (χ0n) is 12.9. The van der Waals surface area contributed by atoms with Gasteiger partial charge in [0.05, 0.1) is 12.7 Å². The Labute approximate surface area is 121 Å². The summed E-state index contributed by atoms with van der Waals surface area (Å²) in [5.74, 6) is 0.467. The predicted molar refractivity (Wildman–Crippen MR) is 82.0 cm³/mol. The van der Waals surface area contributed by atoms with Gasteiger partial charge in [-0.2, -0.15) is 0 Å². The van der Waals surface area contributed by atoms with Crippen molar-refractivity contribution in [1.82, 2.24) is 0 Å². The average Bonchev–Trinajstić information content (AvgIpc) is 2.36. The molecule has 2 rings (SSSR count). The standard InChI is InChI=1S/C17H25NO2/c1-12-9-15(11-17(2,3)10-12)18-14-7-5-13(6-8-14)16(19)20-4/h5-8,12,15,18H,9-11H2,1-4H3. The van der Waals surface area contributed by atoms with Gasteiger partial charge in [0.2, 0.25) is 0 Å². The second-order valence-electron chi connectivity index (χ2n) is 6.82. The Kier molecular flexibility index (Phi) is 4.36. The molecule has 1 aliphatic carbocycles. The molecule has 3 heteroatoms. The van der Waals surface area contributed by atoms with Crippen LogP contribution in [0.25, 0.3) is 0 Å². The highest BCUT2D eigenvalue weighted by Crippen LogP contribution is 2.39. The fourth-order valence-electron chi connectivity index (χ4n) is 3.51. The van der Waals surface area contributed by atoms with E-state index in [1.165, 1.54) is 26.4 Å². The van der Waals surface area contributed by atoms with Gasteiger partial charge in [0.15, 0.2) is 0 Å². The monoisotopic (exact) mass is 275 g/mol. The van der Waals surface area contributed by atoms with Crippen LogP contribution in [0.1, 0.15) is 50.4 Å². The summed E-state index contributed by atoms with van der Waals surface area (Å²) >= 11 is 0. The number of rotatable bonds is 3. The molecule has 2 atom stereocenters. The Morgan fingerprint density at radius 2 is 1.90 bits per heavy atom. The molecule has 2 unspecified atom stereocenters. The fourth-order valence-corrected chi connectivity index (χ4v) is 3.51. The van der Waals surface area contributed by atoms with Gasteiger partial charge in [-0.05, 0) is 54.9 Å². The van der Waals surface area contributed by atoms with Crippen LogP contribution >= 0.6 is 0 Å². The van der Waals surface area contributed by atoms with Crippen molar-refractivity contribution in [2.75, 3.05) is 12.4 Å². The van der Waals surface area contributed by atoms with Gasteiger partial charge in [-0.1, -0.05) is 20.8 Å². The number of ether oxygens (including phenoxy) is 1. The van der Waals surface area contributed by atoms with Gasteiger partial charge >= 0.3 is 5.97 Å². The molecule has 0 heterocycles. The van der Waals surface area contributed by atoms with E-state index in [0.29, 0.717) is 17.0 Å². The first-order valence-electron chi connectivity index (χ1n) is 7.34. The first-order valence-corrected chi connectivity index (χ1v) is 7.34. The number of carbonyl (C=O) groups excluding carboxylic acids is 1. The van der Waals surface area contributed by atoms with Crippen LogP contribution in [0, 0.1) is 11.3 Å². The highest BCUT2D eigenvalue weighted by molar-refractivity contribution is 5.89. The zero-order valence-corrected chi connectivity index (χ0v) is 12.9. The van der Waals surface area contributed by atoms with Gasteiger partial charge in [0.25, 0.3) is 0 Å². The third kappa shape index (κ3) is 3.75. The summed E-state index contributed by atoms with van der Waals surface area (Å²) in [6.45, 7) is 7.02. The van der Waals surface area contributed by atoms with Crippen molar-refractivity contribution in [1.29, 1.82) is 0 Å². The van der Waals surface area contributed by atoms with Crippen LogP contribution < -0.4 is 5.32 Å². The molecule has 1 aliphatic rings. The summed E-state index contributed by atoms with van der Waals surface area (Å²) in [4.78, 5) is 11.4. The van der Waals surface area contributed by atoms with Crippen molar-refractivity contribution >= 4 is 11.7 Å². The lowest BCUT2D eigenvalue weighted by Crippen LogP contribution is -2.35. The Morgan fingerprint density at radius 1 is 1.25 bits per heavy atom. The summed E-state index contributed by atoms with van der Waals surface area (Å²) in [5, 5.41) is 3.60. The van der Waals surface area contributed by atoms with Gasteiger partial charge in [0.1, 0.15) is 0 Å². The third-order valence-electron chi connectivity index (χ3n) is 4.06. The molecule has 3 nitrogen and oxygen atoms in total. The Bertz CT molecular complexity index is 464. The highest BCUT2D eigenvalue weighted by atomic mass is 16.5. The van der Waals surface area contributed by atoms with Gasteiger partial charge in [-0.15, -0.1) is 0 Å². The predicted octanol–water partition coefficient (Wildman–Crippen LogP) is 4.10.